The van der Waals surface area contributed by atoms with E-state index >= 15 is 0 Å². The molecule has 0 heterocycles. The second-order valence-corrected chi connectivity index (χ2v) is 4.21. The van der Waals surface area contributed by atoms with Crippen molar-refractivity contribution in [1.29, 1.82) is 0 Å². The molecule has 1 unspecified atom stereocenters. The normalized spacial score (nSPS) is 12.6. The van der Waals surface area contributed by atoms with Gasteiger partial charge in [0.05, 0.1) is 0 Å². The molecule has 0 fully saturated rings. The molecule has 0 aromatic rings. The van der Waals surface area contributed by atoms with E-state index in [1.807, 2.05) is 33.8 Å². The lowest BCUT2D eigenvalue weighted by molar-refractivity contribution is -0.139. The molecule has 3 nitrogen and oxygen atoms in total. The van der Waals surface area contributed by atoms with Crippen LogP contribution in [0, 0.1) is 5.92 Å². The number of allylic oxidation sites excluding steroid dienone is 1. The zero-order chi connectivity index (χ0) is 11.1. The maximum atomic E-state index is 10.8. The van der Waals surface area contributed by atoms with Crippen LogP contribution in [-0.4, -0.2) is 23.7 Å². The minimum Gasteiger partial charge on any atom is -0.480 e. The number of nitrogens with one attached hydrogen (secondary N) is 1. The summed E-state index contributed by atoms with van der Waals surface area (Å²) in [4.78, 5) is 10.8. The Balaban J connectivity index is 3.98. The topological polar surface area (TPSA) is 49.3 Å². The molecule has 82 valence electrons. The Morgan fingerprint density at radius 3 is 2.36 bits per heavy atom. The highest BCUT2D eigenvalue weighted by molar-refractivity contribution is 5.73. The predicted molar refractivity (Wildman–Crippen MR) is 58.3 cm³/mol. The maximum absolute atomic E-state index is 10.8. The van der Waals surface area contributed by atoms with Crippen LogP contribution in [0.2, 0.25) is 0 Å². The van der Waals surface area contributed by atoms with Crippen molar-refractivity contribution >= 4 is 5.97 Å². The Morgan fingerprint density at radius 2 is 2.00 bits per heavy atom. The molecule has 0 aromatic heterocycles. The summed E-state index contributed by atoms with van der Waals surface area (Å²) in [6.07, 6.45) is 2.67. The van der Waals surface area contributed by atoms with Gasteiger partial charge < -0.3 is 10.4 Å². The van der Waals surface area contributed by atoms with Crippen molar-refractivity contribution in [3.63, 3.8) is 0 Å². The summed E-state index contributed by atoms with van der Waals surface area (Å²) < 4.78 is 0. The van der Waals surface area contributed by atoms with Crippen LogP contribution in [0.5, 0.6) is 0 Å². The lowest BCUT2D eigenvalue weighted by Gasteiger charge is -2.15. The molecule has 0 rings (SSSR count). The van der Waals surface area contributed by atoms with Crippen LogP contribution in [0.1, 0.15) is 34.1 Å². The first-order chi connectivity index (χ1) is 6.43. The molecule has 3 heteroatoms. The number of carbonyl (C=O) groups is 1. The summed E-state index contributed by atoms with van der Waals surface area (Å²) in [5, 5.41) is 11.9. The van der Waals surface area contributed by atoms with E-state index in [1.54, 1.807) is 0 Å². The molecule has 0 saturated carbocycles. The minimum absolute atomic E-state index is 0.398. The highest BCUT2D eigenvalue weighted by Crippen LogP contribution is 2.04. The summed E-state index contributed by atoms with van der Waals surface area (Å²) >= 11 is 0. The molecule has 1 atom stereocenters. The van der Waals surface area contributed by atoms with Gasteiger partial charge >= 0.3 is 5.97 Å². The summed E-state index contributed by atoms with van der Waals surface area (Å²) in [6.45, 7) is 8.68. The van der Waals surface area contributed by atoms with E-state index in [4.69, 9.17) is 5.11 Å². The number of carboxylic acid groups (broad SMARTS) is 1. The second kappa shape index (κ2) is 6.60. The van der Waals surface area contributed by atoms with Crippen molar-refractivity contribution in [2.75, 3.05) is 6.54 Å². The van der Waals surface area contributed by atoms with Crippen LogP contribution >= 0.6 is 0 Å². The summed E-state index contributed by atoms with van der Waals surface area (Å²) in [5.41, 5.74) is 1.20. The van der Waals surface area contributed by atoms with Crippen LogP contribution in [0.4, 0.5) is 0 Å². The summed E-state index contributed by atoms with van der Waals surface area (Å²) in [5.74, 6) is -0.365. The quantitative estimate of drug-likeness (QED) is 0.644. The Hall–Kier alpha value is -0.830. The van der Waals surface area contributed by atoms with Crippen LogP contribution in [-0.2, 0) is 4.79 Å². The molecule has 0 bridgehead atoms. The molecule has 0 spiro atoms. The predicted octanol–water partition coefficient (Wildman–Crippen LogP) is 2.04. The van der Waals surface area contributed by atoms with E-state index in [2.05, 4.69) is 5.32 Å². The third-order valence-corrected chi connectivity index (χ3v) is 1.88. The van der Waals surface area contributed by atoms with Gasteiger partial charge in [-0.3, -0.25) is 4.79 Å². The third kappa shape index (κ3) is 6.66. The number of hydrogen-bond donors (Lipinski definition) is 2. The number of carboxylic acids is 1. The van der Waals surface area contributed by atoms with Gasteiger partial charge in [0.25, 0.3) is 0 Å². The van der Waals surface area contributed by atoms with E-state index in [0.29, 0.717) is 18.9 Å². The highest BCUT2D eigenvalue weighted by Gasteiger charge is 2.16. The van der Waals surface area contributed by atoms with Gasteiger partial charge in [-0.05, 0) is 26.2 Å². The third-order valence-electron chi connectivity index (χ3n) is 1.88. The molecule has 14 heavy (non-hydrogen) atoms. The molecule has 0 saturated heterocycles. The largest absolute Gasteiger partial charge is 0.480 e. The fourth-order valence-electron chi connectivity index (χ4n) is 1.15. The van der Waals surface area contributed by atoms with Crippen molar-refractivity contribution in [3.05, 3.63) is 11.6 Å². The van der Waals surface area contributed by atoms with Gasteiger partial charge in [0.1, 0.15) is 6.04 Å². The van der Waals surface area contributed by atoms with Gasteiger partial charge in [0.15, 0.2) is 0 Å². The first-order valence-corrected chi connectivity index (χ1v) is 5.03. The van der Waals surface area contributed by atoms with Gasteiger partial charge in [0.2, 0.25) is 0 Å². The molecule has 0 aromatic carbocycles. The fraction of sp³-hybridized carbons (Fsp3) is 0.727. The van der Waals surface area contributed by atoms with Gasteiger partial charge in [-0.15, -0.1) is 0 Å². The molecule has 0 amide bonds. The molecule has 0 radical (unpaired) electrons. The van der Waals surface area contributed by atoms with Crippen molar-refractivity contribution < 1.29 is 9.90 Å². The molecule has 0 aliphatic rings. The maximum Gasteiger partial charge on any atom is 0.320 e. The van der Waals surface area contributed by atoms with Gasteiger partial charge in [-0.2, -0.15) is 0 Å². The smallest absolute Gasteiger partial charge is 0.320 e. The molecular weight excluding hydrogens is 178 g/mol. The van der Waals surface area contributed by atoms with Crippen molar-refractivity contribution in [2.24, 2.45) is 5.92 Å². The first-order valence-electron chi connectivity index (χ1n) is 5.03. The summed E-state index contributed by atoms with van der Waals surface area (Å²) in [6, 6.07) is -0.425. The minimum atomic E-state index is -0.763. The Kier molecular flexibility index (Phi) is 6.21. The zero-order valence-corrected chi connectivity index (χ0v) is 9.50. The Bertz CT molecular complexity index is 205. The lowest BCUT2D eigenvalue weighted by Crippen LogP contribution is -2.37. The van der Waals surface area contributed by atoms with Gasteiger partial charge in [0, 0.05) is 6.54 Å². The lowest BCUT2D eigenvalue weighted by atomic mass is 10.0. The Morgan fingerprint density at radius 1 is 1.43 bits per heavy atom. The van der Waals surface area contributed by atoms with E-state index in [9.17, 15) is 4.79 Å². The van der Waals surface area contributed by atoms with Crippen LogP contribution < -0.4 is 5.32 Å². The van der Waals surface area contributed by atoms with Crippen LogP contribution in [0.15, 0.2) is 11.6 Å². The zero-order valence-electron chi connectivity index (χ0n) is 9.50. The van der Waals surface area contributed by atoms with E-state index in [1.165, 1.54) is 5.57 Å². The fourth-order valence-corrected chi connectivity index (χ4v) is 1.15. The van der Waals surface area contributed by atoms with Crippen LogP contribution in [0.25, 0.3) is 0 Å². The monoisotopic (exact) mass is 199 g/mol. The van der Waals surface area contributed by atoms with Crippen molar-refractivity contribution in [2.45, 2.75) is 40.2 Å². The van der Waals surface area contributed by atoms with E-state index in [0.717, 1.165) is 0 Å². The Labute approximate surface area is 86.2 Å². The van der Waals surface area contributed by atoms with E-state index < -0.39 is 12.0 Å². The molecule has 0 aliphatic carbocycles. The molecule has 2 N–H and O–H groups in total. The summed E-state index contributed by atoms with van der Waals surface area (Å²) in [7, 11) is 0. The SMILES string of the molecule is CC(C)=CCNC(CC(C)C)C(=O)O. The average Bonchev–Trinajstić information content (AvgIpc) is 2.00. The molecule has 0 aliphatic heterocycles. The number of rotatable bonds is 6. The number of hydrogen-bond acceptors (Lipinski definition) is 2. The average molecular weight is 199 g/mol. The standard InChI is InChI=1S/C11H21NO2/c1-8(2)5-6-12-10(11(13)14)7-9(3)4/h5,9-10,12H,6-7H2,1-4H3,(H,13,14). The second-order valence-electron chi connectivity index (χ2n) is 4.21. The van der Waals surface area contributed by atoms with Gasteiger partial charge in [-0.1, -0.05) is 25.5 Å². The number of aliphatic carboxylic acids is 1. The first kappa shape index (κ1) is 13.2. The highest BCUT2D eigenvalue weighted by atomic mass is 16.4. The van der Waals surface area contributed by atoms with Gasteiger partial charge in [-0.25, -0.2) is 0 Å². The van der Waals surface area contributed by atoms with Crippen molar-refractivity contribution in [3.8, 4) is 0 Å². The van der Waals surface area contributed by atoms with E-state index in [-0.39, 0.29) is 0 Å². The van der Waals surface area contributed by atoms with Crippen LogP contribution in [0.3, 0.4) is 0 Å². The molecular formula is C11H21NO2. The van der Waals surface area contributed by atoms with Crippen molar-refractivity contribution in [1.82, 2.24) is 5.32 Å².